The number of hydrogen-bond acceptors (Lipinski definition) is 1. The van der Waals surface area contributed by atoms with E-state index < -0.39 is 6.02 Å². The Balaban J connectivity index is 2.14. The second-order valence-electron chi connectivity index (χ2n) is 4.64. The fourth-order valence-electron chi connectivity index (χ4n) is 2.32. The Morgan fingerprint density at radius 3 is 3.18 bits per heavy atom. The fraction of sp³-hybridized carbons (Fsp3) is 0.533. The van der Waals surface area contributed by atoms with Crippen molar-refractivity contribution in [1.29, 1.82) is 0 Å². The van der Waals surface area contributed by atoms with Crippen molar-refractivity contribution in [2.75, 3.05) is 0 Å². The molecule has 1 aliphatic carbocycles. The maximum Gasteiger partial charge on any atom is 0.220 e. The predicted molar refractivity (Wildman–Crippen MR) is 69.8 cm³/mol. The highest BCUT2D eigenvalue weighted by Crippen LogP contribution is 2.29. The first kappa shape index (κ1) is 10.8. The summed E-state index contributed by atoms with van der Waals surface area (Å²) in [6, 6.07) is 7.08. The first-order chi connectivity index (χ1) is 8.65. The molecule has 0 bridgehead atoms. The van der Waals surface area contributed by atoms with Crippen LogP contribution in [0.1, 0.15) is 57.5 Å². The first-order valence-corrected chi connectivity index (χ1v) is 6.55. The Hall–Kier alpha value is -1.31. The fourth-order valence-corrected chi connectivity index (χ4v) is 2.32. The maximum atomic E-state index is 11.9. The summed E-state index contributed by atoms with van der Waals surface area (Å²) in [5.41, 5.74) is 2.18. The molecule has 0 saturated heterocycles. The van der Waals surface area contributed by atoms with E-state index in [0.29, 0.717) is 12.8 Å². The third-order valence-corrected chi connectivity index (χ3v) is 3.26. The largest absolute Gasteiger partial charge is 0.349 e. The number of rotatable bonds is 4. The zero-order valence-electron chi connectivity index (χ0n) is 11.5. The third-order valence-electron chi connectivity index (χ3n) is 3.26. The molecule has 0 unspecified atom stereocenters. The molecule has 0 radical (unpaired) electrons. The number of benzene rings is 1. The van der Waals surface area contributed by atoms with E-state index in [1.807, 2.05) is 18.2 Å². The second kappa shape index (κ2) is 5.85. The van der Waals surface area contributed by atoms with E-state index in [9.17, 15) is 4.79 Å². The average Bonchev–Trinajstić information content (AvgIpc) is 2.37. The molecule has 2 nitrogen and oxygen atoms in total. The summed E-state index contributed by atoms with van der Waals surface area (Å²) < 4.78 is 8.54. The summed E-state index contributed by atoms with van der Waals surface area (Å²) in [4.78, 5) is 11.9. The number of aryl methyl sites for hydroxylation is 1. The van der Waals surface area contributed by atoms with E-state index >= 15 is 0 Å². The highest BCUT2D eigenvalue weighted by Gasteiger charge is 2.20. The van der Waals surface area contributed by atoms with E-state index in [2.05, 4.69) is 18.3 Å². The normalized spacial score (nSPS) is 23.7. The average molecular weight is 232 g/mol. The Morgan fingerprint density at radius 1 is 1.53 bits per heavy atom. The quantitative estimate of drug-likeness (QED) is 0.847. The lowest BCUT2D eigenvalue weighted by Crippen LogP contribution is -2.30. The number of carbonyl (C=O) groups is 1. The highest BCUT2D eigenvalue weighted by atomic mass is 16.1. The van der Waals surface area contributed by atoms with Crippen molar-refractivity contribution in [2.24, 2.45) is 0 Å². The van der Waals surface area contributed by atoms with Gasteiger partial charge >= 0.3 is 0 Å². The maximum absolute atomic E-state index is 11.9. The third kappa shape index (κ3) is 3.09. The van der Waals surface area contributed by atoms with Crippen LogP contribution in [0.4, 0.5) is 0 Å². The Kier molecular flexibility index (Phi) is 3.72. The minimum absolute atomic E-state index is 0.00329. The monoisotopic (exact) mass is 232 g/mol. The van der Waals surface area contributed by atoms with Crippen molar-refractivity contribution in [1.82, 2.24) is 5.32 Å². The minimum Gasteiger partial charge on any atom is -0.349 e. The Labute approximate surface area is 105 Å². The summed E-state index contributed by atoms with van der Waals surface area (Å²) >= 11 is 0. The molecule has 0 saturated carbocycles. The summed E-state index contributed by atoms with van der Waals surface area (Å²) in [6.45, 7) is 2.07. The number of nitrogens with one attached hydrogen (secondary N) is 1. The van der Waals surface area contributed by atoms with Crippen molar-refractivity contribution >= 4 is 5.91 Å². The van der Waals surface area contributed by atoms with Gasteiger partial charge in [-0.1, -0.05) is 37.6 Å². The van der Waals surface area contributed by atoms with E-state index in [1.54, 1.807) is 0 Å². The van der Waals surface area contributed by atoms with Gasteiger partial charge in [-0.05, 0) is 36.8 Å². The van der Waals surface area contributed by atoms with Crippen LogP contribution in [0.5, 0.6) is 0 Å². The Bertz CT molecular complexity index is 432. The van der Waals surface area contributed by atoms with Crippen LogP contribution in [0, 0.1) is 0 Å². The van der Waals surface area contributed by atoms with Crippen molar-refractivity contribution < 1.29 is 6.17 Å². The van der Waals surface area contributed by atoms with Gasteiger partial charge in [-0.2, -0.15) is 0 Å². The van der Waals surface area contributed by atoms with Crippen LogP contribution in [0.25, 0.3) is 0 Å². The van der Waals surface area contributed by atoms with Crippen LogP contribution in [0.3, 0.4) is 0 Å². The molecule has 0 fully saturated rings. The number of fused-ring (bicyclic) bond motifs is 1. The highest BCUT2D eigenvalue weighted by molar-refractivity contribution is 5.76. The smallest absolute Gasteiger partial charge is 0.220 e. The molecule has 0 aromatic heterocycles. The molecule has 0 heterocycles. The van der Waals surface area contributed by atoms with Gasteiger partial charge in [0.25, 0.3) is 0 Å². The van der Waals surface area contributed by atoms with Crippen LogP contribution in [-0.4, -0.2) is 5.91 Å². The van der Waals surface area contributed by atoms with E-state index in [4.69, 9.17) is 1.37 Å². The summed E-state index contributed by atoms with van der Waals surface area (Å²) in [7, 11) is 0. The predicted octanol–water partition coefficient (Wildman–Crippen LogP) is 3.37. The second-order valence-corrected chi connectivity index (χ2v) is 4.64. The number of amides is 1. The zero-order valence-corrected chi connectivity index (χ0v) is 10.5. The lowest BCUT2D eigenvalue weighted by molar-refractivity contribution is -0.122. The minimum atomic E-state index is -0.917. The SMILES string of the molecule is [2H][C@]1(NC(=O)CCCC)CCCc2ccccc21. The summed E-state index contributed by atoms with van der Waals surface area (Å²) in [5.74, 6) is 0.00329. The first-order valence-electron chi connectivity index (χ1n) is 7.05. The van der Waals surface area contributed by atoms with Crippen LogP contribution in [-0.2, 0) is 11.2 Å². The zero-order chi connectivity index (χ0) is 13.0. The summed E-state index contributed by atoms with van der Waals surface area (Å²) in [6.07, 6.45) is 5.12. The van der Waals surface area contributed by atoms with Gasteiger partial charge in [0, 0.05) is 6.42 Å². The molecule has 1 atom stereocenters. The molecule has 1 N–H and O–H groups in total. The van der Waals surface area contributed by atoms with Gasteiger partial charge in [-0.3, -0.25) is 4.79 Å². The standard InChI is InChI=1S/C15H21NO/c1-2-3-11-15(17)16-14-10-6-8-12-7-4-5-9-13(12)14/h4-5,7,9,14H,2-3,6,8,10-11H2,1H3,(H,16,17)/t14-/m0/s1/i14D. The van der Waals surface area contributed by atoms with Gasteiger partial charge in [-0.15, -0.1) is 0 Å². The lowest BCUT2D eigenvalue weighted by Gasteiger charge is -2.26. The topological polar surface area (TPSA) is 29.1 Å². The van der Waals surface area contributed by atoms with E-state index in [0.717, 1.165) is 31.2 Å². The van der Waals surface area contributed by atoms with Crippen LogP contribution in [0.15, 0.2) is 24.3 Å². The van der Waals surface area contributed by atoms with Gasteiger partial charge in [0.1, 0.15) is 0 Å². The molecule has 2 rings (SSSR count). The molecule has 1 aliphatic rings. The molecule has 0 spiro atoms. The van der Waals surface area contributed by atoms with Crippen LogP contribution in [0.2, 0.25) is 0 Å². The van der Waals surface area contributed by atoms with Crippen molar-refractivity contribution in [3.63, 3.8) is 0 Å². The number of carbonyl (C=O) groups excluding carboxylic acids is 1. The van der Waals surface area contributed by atoms with Gasteiger partial charge in [0.05, 0.1) is 7.39 Å². The molecule has 1 aromatic carbocycles. The van der Waals surface area contributed by atoms with Gasteiger partial charge < -0.3 is 5.32 Å². The van der Waals surface area contributed by atoms with Gasteiger partial charge in [-0.25, -0.2) is 0 Å². The van der Waals surface area contributed by atoms with Crippen molar-refractivity contribution in [2.45, 2.75) is 51.5 Å². The van der Waals surface area contributed by atoms with Crippen molar-refractivity contribution in [3.8, 4) is 0 Å². The van der Waals surface area contributed by atoms with Crippen LogP contribution < -0.4 is 5.32 Å². The van der Waals surface area contributed by atoms with E-state index in [-0.39, 0.29) is 5.91 Å². The molecule has 1 aromatic rings. The molecule has 17 heavy (non-hydrogen) atoms. The lowest BCUT2D eigenvalue weighted by atomic mass is 9.87. The van der Waals surface area contributed by atoms with E-state index in [1.165, 1.54) is 5.56 Å². The molecule has 1 amide bonds. The molecule has 0 aliphatic heterocycles. The molecule has 2 heteroatoms. The van der Waals surface area contributed by atoms with Gasteiger partial charge in [0.15, 0.2) is 0 Å². The van der Waals surface area contributed by atoms with Crippen molar-refractivity contribution in [3.05, 3.63) is 35.4 Å². The van der Waals surface area contributed by atoms with Gasteiger partial charge in [0.2, 0.25) is 5.91 Å². The van der Waals surface area contributed by atoms with Crippen LogP contribution >= 0.6 is 0 Å². The molecular weight excluding hydrogens is 210 g/mol. The summed E-state index contributed by atoms with van der Waals surface area (Å²) in [5, 5.41) is 2.91. The molecule has 92 valence electrons. The number of unbranched alkanes of at least 4 members (excludes halogenated alkanes) is 1. The number of hydrogen-bond donors (Lipinski definition) is 1. The Morgan fingerprint density at radius 2 is 2.35 bits per heavy atom. The molecular formula is C15H21NO.